The second kappa shape index (κ2) is 9.46. The van der Waals surface area contributed by atoms with Crippen LogP contribution >= 0.6 is 0 Å². The lowest BCUT2D eigenvalue weighted by molar-refractivity contribution is -0.0893. The molecular formula is C23H33BN5O4. The van der Waals surface area contributed by atoms with Crippen LogP contribution in [0.15, 0.2) is 35.4 Å². The van der Waals surface area contributed by atoms with E-state index in [1.54, 1.807) is 40.0 Å². The van der Waals surface area contributed by atoms with E-state index in [0.717, 1.165) is 45.1 Å². The number of hydrogen-bond acceptors (Lipinski definition) is 8. The highest BCUT2D eigenvalue weighted by Gasteiger charge is 2.35. The molecule has 0 atom stereocenters. The first-order valence-corrected chi connectivity index (χ1v) is 11.4. The second-order valence-electron chi connectivity index (χ2n) is 9.72. The number of hydrogen-bond donors (Lipinski definition) is 3. The van der Waals surface area contributed by atoms with Crippen LogP contribution in [0.25, 0.3) is 0 Å². The van der Waals surface area contributed by atoms with Gasteiger partial charge in [0.15, 0.2) is 0 Å². The van der Waals surface area contributed by atoms with Gasteiger partial charge in [-0.05, 0) is 51.4 Å². The molecule has 33 heavy (non-hydrogen) atoms. The Hall–Kier alpha value is -2.40. The van der Waals surface area contributed by atoms with Crippen molar-refractivity contribution in [3.05, 3.63) is 40.9 Å². The van der Waals surface area contributed by atoms with Crippen LogP contribution in [0.3, 0.4) is 0 Å². The van der Waals surface area contributed by atoms with E-state index in [1.165, 1.54) is 7.48 Å². The number of piperazine rings is 1. The van der Waals surface area contributed by atoms with Crippen LogP contribution in [0.5, 0.6) is 0 Å². The molecule has 0 aliphatic carbocycles. The maximum atomic E-state index is 12.3. The molecule has 2 aromatic heterocycles. The van der Waals surface area contributed by atoms with Crippen LogP contribution in [0.1, 0.15) is 27.7 Å². The largest absolute Gasteiger partial charge is 0.427 e. The Morgan fingerprint density at radius 3 is 2.52 bits per heavy atom. The fourth-order valence-electron chi connectivity index (χ4n) is 3.59. The molecular weight excluding hydrogens is 421 g/mol. The predicted molar refractivity (Wildman–Crippen MR) is 130 cm³/mol. The Bertz CT molecular complexity index is 993. The zero-order valence-electron chi connectivity index (χ0n) is 19.8. The third-order valence-corrected chi connectivity index (χ3v) is 6.72. The minimum Gasteiger partial charge on any atom is -0.427 e. The molecule has 3 N–H and O–H groups in total. The molecule has 1 radical (unpaired) electrons. The van der Waals surface area contributed by atoms with E-state index in [-0.39, 0.29) is 5.56 Å². The van der Waals surface area contributed by atoms with Gasteiger partial charge in [0, 0.05) is 32.4 Å². The van der Waals surface area contributed by atoms with Crippen LogP contribution in [0, 0.1) is 0 Å². The standard InChI is InChI=1S/C23H33BN5O4/c1-22(2,31)23(3,4)33-24-16-11-19(21(30)26-12-16)27-20-6-5-17(13-25-20)28-7-9-29(10-8-28)18-14-32-15-18/h5-6,11-13,18,31H,7-10,14-15H2,1-4H3,(H,25,27)(H,26,30). The lowest BCUT2D eigenvalue weighted by Gasteiger charge is -2.43. The molecule has 10 heteroatoms. The van der Waals surface area contributed by atoms with Gasteiger partial charge in [-0.2, -0.15) is 0 Å². The smallest absolute Gasteiger partial charge is 0.332 e. The Balaban J connectivity index is 1.36. The zero-order valence-corrected chi connectivity index (χ0v) is 19.8. The van der Waals surface area contributed by atoms with Crippen LogP contribution in [0.4, 0.5) is 17.2 Å². The third kappa shape index (κ3) is 5.58. The molecule has 0 bridgehead atoms. The van der Waals surface area contributed by atoms with E-state index in [1.807, 2.05) is 18.3 Å². The summed E-state index contributed by atoms with van der Waals surface area (Å²) in [5, 5.41) is 13.3. The van der Waals surface area contributed by atoms with Crippen molar-refractivity contribution in [3.8, 4) is 0 Å². The van der Waals surface area contributed by atoms with Gasteiger partial charge in [-0.3, -0.25) is 9.69 Å². The number of aromatic amines is 1. The van der Waals surface area contributed by atoms with Gasteiger partial charge >= 0.3 is 7.48 Å². The quantitative estimate of drug-likeness (QED) is 0.505. The summed E-state index contributed by atoms with van der Waals surface area (Å²) in [7, 11) is 1.53. The first-order chi connectivity index (χ1) is 15.6. The topological polar surface area (TPSA) is 103 Å². The van der Waals surface area contributed by atoms with E-state index in [4.69, 9.17) is 9.39 Å². The lowest BCUT2D eigenvalue weighted by atomic mass is 9.83. The van der Waals surface area contributed by atoms with Crippen molar-refractivity contribution in [2.45, 2.75) is 44.9 Å². The van der Waals surface area contributed by atoms with Crippen molar-refractivity contribution in [2.75, 3.05) is 49.6 Å². The summed E-state index contributed by atoms with van der Waals surface area (Å²) in [5.74, 6) is 0.587. The highest BCUT2D eigenvalue weighted by Crippen LogP contribution is 2.24. The number of nitrogens with one attached hydrogen (secondary N) is 2. The maximum Gasteiger partial charge on any atom is 0.332 e. The Morgan fingerprint density at radius 2 is 1.94 bits per heavy atom. The number of rotatable bonds is 8. The summed E-state index contributed by atoms with van der Waals surface area (Å²) in [6, 6.07) is 6.18. The van der Waals surface area contributed by atoms with Crippen molar-refractivity contribution >= 4 is 30.1 Å². The minimum atomic E-state index is -1.03. The van der Waals surface area contributed by atoms with Crippen molar-refractivity contribution in [3.63, 3.8) is 0 Å². The number of aliphatic hydroxyl groups is 1. The monoisotopic (exact) mass is 454 g/mol. The molecule has 0 unspecified atom stereocenters. The van der Waals surface area contributed by atoms with E-state index in [0.29, 0.717) is 23.0 Å². The molecule has 0 amide bonds. The molecule has 2 aromatic rings. The van der Waals surface area contributed by atoms with Crippen LogP contribution in [0.2, 0.25) is 0 Å². The van der Waals surface area contributed by atoms with Crippen molar-refractivity contribution in [2.24, 2.45) is 0 Å². The molecule has 0 spiro atoms. The summed E-state index contributed by atoms with van der Waals surface area (Å²) in [4.78, 5) is 24.3. The first-order valence-electron chi connectivity index (χ1n) is 11.4. The van der Waals surface area contributed by atoms with Gasteiger partial charge in [0.1, 0.15) is 11.5 Å². The maximum absolute atomic E-state index is 12.3. The summed E-state index contributed by atoms with van der Waals surface area (Å²) in [6.45, 7) is 12.7. The van der Waals surface area contributed by atoms with Crippen LogP contribution in [-0.2, 0) is 9.39 Å². The fraction of sp³-hybridized carbons (Fsp3) is 0.565. The van der Waals surface area contributed by atoms with Crippen LogP contribution < -0.4 is 21.2 Å². The Labute approximate surface area is 195 Å². The summed E-state index contributed by atoms with van der Waals surface area (Å²) < 4.78 is 11.1. The lowest BCUT2D eigenvalue weighted by Crippen LogP contribution is -2.56. The molecule has 2 fully saturated rings. The average Bonchev–Trinajstić information content (AvgIpc) is 2.73. The van der Waals surface area contributed by atoms with Crippen molar-refractivity contribution < 1.29 is 14.5 Å². The van der Waals surface area contributed by atoms with Gasteiger partial charge in [0.2, 0.25) is 0 Å². The van der Waals surface area contributed by atoms with E-state index in [9.17, 15) is 9.90 Å². The molecule has 177 valence electrons. The SMILES string of the molecule is CC(C)(O)C(C)(C)O[B]c1c[nH]c(=O)c(Nc2ccc(N3CCN(C4COC4)CC3)cn2)c1. The number of anilines is 3. The van der Waals surface area contributed by atoms with Gasteiger partial charge in [-0.15, -0.1) is 0 Å². The molecule has 0 saturated carbocycles. The number of H-pyrrole nitrogens is 1. The normalized spacial score (nSPS) is 18.2. The molecule has 2 aliphatic heterocycles. The first kappa shape index (κ1) is 23.8. The molecule has 4 rings (SSSR count). The average molecular weight is 454 g/mol. The van der Waals surface area contributed by atoms with Crippen LogP contribution in [-0.4, -0.2) is 84.1 Å². The summed E-state index contributed by atoms with van der Waals surface area (Å²) in [5.41, 5.74) is 0.0204. The predicted octanol–water partition coefficient (Wildman–Crippen LogP) is 0.845. The molecule has 9 nitrogen and oxygen atoms in total. The number of nitrogens with zero attached hydrogens (tertiary/aromatic N) is 3. The van der Waals surface area contributed by atoms with Gasteiger partial charge < -0.3 is 29.7 Å². The molecule has 2 saturated heterocycles. The number of aromatic nitrogens is 2. The molecule has 4 heterocycles. The second-order valence-corrected chi connectivity index (χ2v) is 9.72. The zero-order chi connectivity index (χ0) is 23.6. The Kier molecular flexibility index (Phi) is 6.81. The van der Waals surface area contributed by atoms with Crippen molar-refractivity contribution in [1.82, 2.24) is 14.9 Å². The van der Waals surface area contributed by atoms with E-state index < -0.39 is 11.2 Å². The third-order valence-electron chi connectivity index (χ3n) is 6.72. The highest BCUT2D eigenvalue weighted by atomic mass is 16.5. The summed E-state index contributed by atoms with van der Waals surface area (Å²) in [6.07, 6.45) is 3.41. The number of pyridine rings is 2. The van der Waals surface area contributed by atoms with Crippen molar-refractivity contribution in [1.29, 1.82) is 0 Å². The van der Waals surface area contributed by atoms with Gasteiger partial charge in [0.25, 0.3) is 5.56 Å². The summed E-state index contributed by atoms with van der Waals surface area (Å²) >= 11 is 0. The molecule has 2 aliphatic rings. The molecule has 0 aromatic carbocycles. The van der Waals surface area contributed by atoms with Gasteiger partial charge in [-0.25, -0.2) is 4.98 Å². The number of ether oxygens (including phenoxy) is 1. The van der Waals surface area contributed by atoms with Gasteiger partial charge in [-0.1, -0.05) is 0 Å². The van der Waals surface area contributed by atoms with E-state index in [2.05, 4.69) is 25.1 Å². The Morgan fingerprint density at radius 1 is 1.21 bits per heavy atom. The van der Waals surface area contributed by atoms with Gasteiger partial charge in [0.05, 0.1) is 42.3 Å². The fourth-order valence-corrected chi connectivity index (χ4v) is 3.59. The highest BCUT2D eigenvalue weighted by molar-refractivity contribution is 6.47. The minimum absolute atomic E-state index is 0.254. The van der Waals surface area contributed by atoms with E-state index >= 15 is 0 Å².